The summed E-state index contributed by atoms with van der Waals surface area (Å²) < 4.78 is -0.525. The lowest BCUT2D eigenvalue weighted by atomic mass is 10.5. The standard InChI is InChI=1S/C5H8Cl2N2S/c6-5(7)1-3(5)2-10-4(8)9/h3H,1-2H2,(H3,8,9). The molecule has 0 saturated heterocycles. The quantitative estimate of drug-likeness (QED) is 0.404. The second-order valence-electron chi connectivity index (χ2n) is 2.34. The van der Waals surface area contributed by atoms with Crippen LogP contribution in [0.5, 0.6) is 0 Å². The molecule has 0 aromatic carbocycles. The fourth-order valence-corrected chi connectivity index (χ4v) is 2.13. The molecule has 0 heterocycles. The molecule has 3 N–H and O–H groups in total. The summed E-state index contributed by atoms with van der Waals surface area (Å²) >= 11 is 12.8. The van der Waals surface area contributed by atoms with Crippen LogP contribution < -0.4 is 5.73 Å². The first-order valence-corrected chi connectivity index (χ1v) is 4.61. The average Bonchev–Trinajstić information content (AvgIpc) is 2.35. The minimum absolute atomic E-state index is 0.135. The monoisotopic (exact) mass is 198 g/mol. The first kappa shape index (κ1) is 8.50. The summed E-state index contributed by atoms with van der Waals surface area (Å²) in [5.74, 6) is 1.09. The van der Waals surface area contributed by atoms with Gasteiger partial charge in [0.2, 0.25) is 0 Å². The molecular formula is C5H8Cl2N2S. The molecule has 0 radical (unpaired) electrons. The molecule has 1 saturated carbocycles. The maximum absolute atomic E-state index is 6.90. The molecule has 1 rings (SSSR count). The highest BCUT2D eigenvalue weighted by Crippen LogP contribution is 2.54. The number of hydrogen-bond acceptors (Lipinski definition) is 2. The molecule has 2 nitrogen and oxygen atoms in total. The van der Waals surface area contributed by atoms with Gasteiger partial charge in [0.15, 0.2) is 5.17 Å². The van der Waals surface area contributed by atoms with E-state index in [4.69, 9.17) is 34.3 Å². The van der Waals surface area contributed by atoms with Gasteiger partial charge in [-0.15, -0.1) is 23.2 Å². The minimum atomic E-state index is -0.525. The van der Waals surface area contributed by atoms with Gasteiger partial charge in [-0.2, -0.15) is 0 Å². The second-order valence-corrected chi connectivity index (χ2v) is 4.94. The van der Waals surface area contributed by atoms with Crippen molar-refractivity contribution in [2.75, 3.05) is 5.75 Å². The molecule has 0 spiro atoms. The minimum Gasteiger partial charge on any atom is -0.379 e. The first-order chi connectivity index (χ1) is 4.52. The van der Waals surface area contributed by atoms with E-state index in [9.17, 15) is 0 Å². The number of amidine groups is 1. The fourth-order valence-electron chi connectivity index (χ4n) is 0.641. The maximum atomic E-state index is 6.90. The van der Waals surface area contributed by atoms with Crippen molar-refractivity contribution in [1.82, 2.24) is 0 Å². The van der Waals surface area contributed by atoms with Crippen molar-refractivity contribution in [3.8, 4) is 0 Å². The van der Waals surface area contributed by atoms with Gasteiger partial charge in [-0.1, -0.05) is 11.8 Å². The molecule has 1 fully saturated rings. The Morgan fingerprint density at radius 2 is 2.30 bits per heavy atom. The highest BCUT2D eigenvalue weighted by molar-refractivity contribution is 8.13. The van der Waals surface area contributed by atoms with Crippen LogP contribution in [-0.2, 0) is 0 Å². The van der Waals surface area contributed by atoms with Gasteiger partial charge in [0, 0.05) is 11.7 Å². The predicted molar refractivity (Wildman–Crippen MR) is 46.9 cm³/mol. The van der Waals surface area contributed by atoms with Crippen LogP contribution in [0.25, 0.3) is 0 Å². The molecular weight excluding hydrogens is 191 g/mol. The van der Waals surface area contributed by atoms with Crippen molar-refractivity contribution in [2.24, 2.45) is 11.7 Å². The first-order valence-electron chi connectivity index (χ1n) is 2.87. The lowest BCUT2D eigenvalue weighted by Gasteiger charge is -1.97. The lowest BCUT2D eigenvalue weighted by molar-refractivity contribution is 0.983. The van der Waals surface area contributed by atoms with Crippen molar-refractivity contribution in [1.29, 1.82) is 5.41 Å². The molecule has 10 heavy (non-hydrogen) atoms. The zero-order valence-corrected chi connectivity index (χ0v) is 7.56. The number of hydrogen-bond donors (Lipinski definition) is 2. The molecule has 0 aromatic rings. The van der Waals surface area contributed by atoms with Crippen molar-refractivity contribution in [3.05, 3.63) is 0 Å². The molecule has 0 aromatic heterocycles. The van der Waals surface area contributed by atoms with Crippen LogP contribution >= 0.6 is 35.0 Å². The van der Waals surface area contributed by atoms with Crippen molar-refractivity contribution >= 4 is 40.1 Å². The molecule has 1 aliphatic rings. The van der Waals surface area contributed by atoms with Crippen LogP contribution in [0.1, 0.15) is 6.42 Å². The van der Waals surface area contributed by atoms with Gasteiger partial charge in [0.1, 0.15) is 4.33 Å². The summed E-state index contributed by atoms with van der Waals surface area (Å²) in [5, 5.41) is 7.03. The highest BCUT2D eigenvalue weighted by atomic mass is 35.5. The Morgan fingerprint density at radius 3 is 2.60 bits per heavy atom. The van der Waals surface area contributed by atoms with E-state index >= 15 is 0 Å². The summed E-state index contributed by atoms with van der Waals surface area (Å²) in [7, 11) is 0. The van der Waals surface area contributed by atoms with E-state index in [2.05, 4.69) is 0 Å². The summed E-state index contributed by atoms with van der Waals surface area (Å²) in [6.07, 6.45) is 0.830. The van der Waals surface area contributed by atoms with Crippen molar-refractivity contribution in [2.45, 2.75) is 10.8 Å². The predicted octanol–water partition coefficient (Wildman–Crippen LogP) is 1.81. The Morgan fingerprint density at radius 1 is 1.80 bits per heavy atom. The SMILES string of the molecule is N=C(N)SCC1CC1(Cl)Cl. The van der Waals surface area contributed by atoms with Crippen LogP contribution in [-0.4, -0.2) is 15.3 Å². The van der Waals surface area contributed by atoms with Gasteiger partial charge < -0.3 is 5.73 Å². The van der Waals surface area contributed by atoms with E-state index in [-0.39, 0.29) is 5.17 Å². The summed E-state index contributed by atoms with van der Waals surface area (Å²) in [4.78, 5) is 0. The normalized spacial score (nSPS) is 28.0. The Bertz CT molecular complexity index is 160. The largest absolute Gasteiger partial charge is 0.379 e. The van der Waals surface area contributed by atoms with E-state index in [0.29, 0.717) is 5.92 Å². The number of rotatable bonds is 2. The fraction of sp³-hybridized carbons (Fsp3) is 0.800. The van der Waals surface area contributed by atoms with Crippen LogP contribution in [0.15, 0.2) is 0 Å². The van der Waals surface area contributed by atoms with Gasteiger partial charge in [-0.25, -0.2) is 0 Å². The highest BCUT2D eigenvalue weighted by Gasteiger charge is 2.51. The van der Waals surface area contributed by atoms with Gasteiger partial charge >= 0.3 is 0 Å². The molecule has 1 atom stereocenters. The summed E-state index contributed by atoms with van der Waals surface area (Å²) in [5.41, 5.74) is 5.12. The molecule has 0 aliphatic heterocycles. The summed E-state index contributed by atoms with van der Waals surface area (Å²) in [6, 6.07) is 0. The third-order valence-electron chi connectivity index (χ3n) is 1.40. The summed E-state index contributed by atoms with van der Waals surface area (Å²) in [6.45, 7) is 0. The van der Waals surface area contributed by atoms with Crippen LogP contribution in [0, 0.1) is 11.3 Å². The molecule has 1 aliphatic carbocycles. The van der Waals surface area contributed by atoms with Crippen LogP contribution in [0.4, 0.5) is 0 Å². The van der Waals surface area contributed by atoms with Gasteiger partial charge in [-0.3, -0.25) is 5.41 Å². The number of halogens is 2. The zero-order valence-electron chi connectivity index (χ0n) is 5.23. The van der Waals surface area contributed by atoms with Crippen molar-refractivity contribution < 1.29 is 0 Å². The third kappa shape index (κ3) is 2.22. The van der Waals surface area contributed by atoms with E-state index in [1.807, 2.05) is 0 Å². The average molecular weight is 199 g/mol. The van der Waals surface area contributed by atoms with Gasteiger partial charge in [-0.05, 0) is 6.42 Å². The van der Waals surface area contributed by atoms with E-state index in [1.54, 1.807) is 0 Å². The van der Waals surface area contributed by atoms with Crippen LogP contribution in [0.3, 0.4) is 0 Å². The molecule has 58 valence electrons. The number of thioether (sulfide) groups is 1. The van der Waals surface area contributed by atoms with Crippen LogP contribution in [0.2, 0.25) is 0 Å². The third-order valence-corrected chi connectivity index (χ3v) is 3.20. The van der Waals surface area contributed by atoms with E-state index in [0.717, 1.165) is 12.2 Å². The number of alkyl halides is 2. The van der Waals surface area contributed by atoms with E-state index in [1.165, 1.54) is 11.8 Å². The van der Waals surface area contributed by atoms with Crippen molar-refractivity contribution in [3.63, 3.8) is 0 Å². The molecule has 1 unspecified atom stereocenters. The maximum Gasteiger partial charge on any atom is 0.151 e. The second kappa shape index (κ2) is 2.80. The number of nitrogens with two attached hydrogens (primary N) is 1. The molecule has 0 amide bonds. The molecule has 0 bridgehead atoms. The Hall–Kier alpha value is 0.400. The Kier molecular flexibility index (Phi) is 2.38. The smallest absolute Gasteiger partial charge is 0.151 e. The van der Waals surface area contributed by atoms with Gasteiger partial charge in [0.05, 0.1) is 0 Å². The lowest BCUT2D eigenvalue weighted by Crippen LogP contribution is -2.06. The Balaban J connectivity index is 2.13. The number of nitrogens with one attached hydrogen (secondary N) is 1. The van der Waals surface area contributed by atoms with E-state index < -0.39 is 4.33 Å². The van der Waals surface area contributed by atoms with Gasteiger partial charge in [0.25, 0.3) is 0 Å². The molecule has 5 heteroatoms. The Labute approximate surface area is 73.9 Å². The topological polar surface area (TPSA) is 49.9 Å². The zero-order chi connectivity index (χ0) is 7.78.